The fourth-order valence-corrected chi connectivity index (χ4v) is 6.33. The van der Waals surface area contributed by atoms with E-state index in [1.165, 1.54) is 18.9 Å². The Hall–Kier alpha value is -4.41. The van der Waals surface area contributed by atoms with Gasteiger partial charge in [-0.25, -0.2) is 9.97 Å². The number of ether oxygens (including phenoxy) is 1. The quantitative estimate of drug-likeness (QED) is 0.289. The minimum Gasteiger partial charge on any atom is -0.494 e. The van der Waals surface area contributed by atoms with E-state index in [9.17, 15) is 4.79 Å². The lowest BCUT2D eigenvalue weighted by atomic mass is 10.0. The summed E-state index contributed by atoms with van der Waals surface area (Å²) in [5.74, 6) is 1.02. The van der Waals surface area contributed by atoms with Crippen molar-refractivity contribution in [1.82, 2.24) is 24.3 Å². The molecule has 10 nitrogen and oxygen atoms in total. The van der Waals surface area contributed by atoms with Crippen molar-refractivity contribution in [1.29, 1.82) is 0 Å². The molecule has 0 unspecified atom stereocenters. The molecule has 2 saturated heterocycles. The number of fused-ring (bicyclic) bond motifs is 1. The molecule has 1 amide bonds. The van der Waals surface area contributed by atoms with Crippen molar-refractivity contribution < 1.29 is 9.53 Å². The van der Waals surface area contributed by atoms with Crippen molar-refractivity contribution in [2.75, 3.05) is 69.0 Å². The summed E-state index contributed by atoms with van der Waals surface area (Å²) in [5, 5.41) is 7.57. The molecule has 0 bridgehead atoms. The lowest BCUT2D eigenvalue weighted by Crippen LogP contribution is -2.53. The maximum Gasteiger partial charge on any atom is 0.247 e. The van der Waals surface area contributed by atoms with Gasteiger partial charge in [0.15, 0.2) is 0 Å². The van der Waals surface area contributed by atoms with Crippen LogP contribution in [0.15, 0.2) is 67.6 Å². The summed E-state index contributed by atoms with van der Waals surface area (Å²) in [6.07, 6.45) is 7.37. The fourth-order valence-electron chi connectivity index (χ4n) is 6.33. The van der Waals surface area contributed by atoms with Crippen LogP contribution in [0.3, 0.4) is 0 Å². The third-order valence-corrected chi connectivity index (χ3v) is 8.72. The van der Waals surface area contributed by atoms with Crippen LogP contribution in [0, 0.1) is 0 Å². The van der Waals surface area contributed by atoms with Crippen LogP contribution in [0.5, 0.6) is 5.75 Å². The second-order valence-electron chi connectivity index (χ2n) is 11.4. The van der Waals surface area contributed by atoms with Gasteiger partial charge in [0.2, 0.25) is 5.91 Å². The summed E-state index contributed by atoms with van der Waals surface area (Å²) < 4.78 is 7.95. The number of piperazine rings is 1. The summed E-state index contributed by atoms with van der Waals surface area (Å²) in [6.45, 7) is 9.70. The molecule has 4 heterocycles. The number of carbonyl (C=O) groups is 1. The number of hydrogen-bond acceptors (Lipinski definition) is 8. The lowest BCUT2D eigenvalue weighted by Gasteiger charge is -2.43. The molecule has 2 aliphatic heterocycles. The number of nitrogens with zero attached hydrogens (tertiary/aromatic N) is 6. The second kappa shape index (κ2) is 12.4. The van der Waals surface area contributed by atoms with Gasteiger partial charge in [0, 0.05) is 74.1 Å². The number of para-hydroxylation sites is 1. The first kappa shape index (κ1) is 28.7. The van der Waals surface area contributed by atoms with E-state index in [-0.39, 0.29) is 5.91 Å². The molecular formula is C33H40N8O2. The van der Waals surface area contributed by atoms with Gasteiger partial charge in [-0.1, -0.05) is 24.8 Å². The molecule has 6 rings (SSSR count). The highest BCUT2D eigenvalue weighted by molar-refractivity contribution is 6.02. The Bertz CT molecular complexity index is 1620. The van der Waals surface area contributed by atoms with E-state index in [4.69, 9.17) is 4.74 Å². The molecule has 0 atom stereocenters. The normalized spacial score (nSPS) is 16.8. The molecule has 2 N–H and O–H groups in total. The topological polar surface area (TPSA) is 90.8 Å². The van der Waals surface area contributed by atoms with Crippen molar-refractivity contribution in [3.05, 3.63) is 67.6 Å². The van der Waals surface area contributed by atoms with Crippen LogP contribution in [0.4, 0.5) is 22.9 Å². The Morgan fingerprint density at radius 2 is 1.77 bits per heavy atom. The first-order chi connectivity index (χ1) is 20.9. The molecule has 2 fully saturated rings. The van der Waals surface area contributed by atoms with E-state index in [0.717, 1.165) is 67.1 Å². The monoisotopic (exact) mass is 580 g/mol. The first-order valence-electron chi connectivity index (χ1n) is 14.9. The molecule has 10 heteroatoms. The molecule has 0 saturated carbocycles. The summed E-state index contributed by atoms with van der Waals surface area (Å²) in [6, 6.07) is 14.8. The molecule has 0 aliphatic carbocycles. The maximum absolute atomic E-state index is 12.5. The van der Waals surface area contributed by atoms with Gasteiger partial charge in [-0.3, -0.25) is 9.69 Å². The number of methoxy groups -OCH3 is 1. The SMILES string of the molecule is C=CC(=O)Nc1cc(Nc2cc(-c3cn(C)c4ccccc34)ncn2)c(OC)cc1N1CCN(C2CCN(C)CC2)CC1. The number of piperidine rings is 1. The molecule has 43 heavy (non-hydrogen) atoms. The molecule has 2 aliphatic rings. The number of aromatic nitrogens is 3. The molecule has 2 aromatic heterocycles. The highest BCUT2D eigenvalue weighted by atomic mass is 16.5. The van der Waals surface area contributed by atoms with Gasteiger partial charge in [-0.05, 0) is 51.2 Å². The maximum atomic E-state index is 12.5. The number of likely N-dealkylation sites (tertiary alicyclic amines) is 1. The van der Waals surface area contributed by atoms with Crippen LogP contribution in [0.25, 0.3) is 22.2 Å². The van der Waals surface area contributed by atoms with Crippen molar-refractivity contribution in [2.45, 2.75) is 18.9 Å². The number of benzene rings is 2. The summed E-state index contributed by atoms with van der Waals surface area (Å²) >= 11 is 0. The number of hydrogen-bond donors (Lipinski definition) is 2. The highest BCUT2D eigenvalue weighted by Crippen LogP contribution is 2.39. The number of amides is 1. The van der Waals surface area contributed by atoms with E-state index < -0.39 is 0 Å². The van der Waals surface area contributed by atoms with Gasteiger partial charge in [0.05, 0.1) is 29.9 Å². The number of carbonyl (C=O) groups excluding carboxylic acids is 1. The van der Waals surface area contributed by atoms with Gasteiger partial charge in [0.1, 0.15) is 17.9 Å². The zero-order chi connectivity index (χ0) is 29.9. The Morgan fingerprint density at radius 3 is 2.51 bits per heavy atom. The largest absolute Gasteiger partial charge is 0.494 e. The van der Waals surface area contributed by atoms with Gasteiger partial charge >= 0.3 is 0 Å². The van der Waals surface area contributed by atoms with Crippen LogP contribution in [-0.2, 0) is 11.8 Å². The van der Waals surface area contributed by atoms with Gasteiger partial charge in [0.25, 0.3) is 0 Å². The number of rotatable bonds is 8. The van der Waals surface area contributed by atoms with Gasteiger partial charge in [-0.2, -0.15) is 0 Å². The number of anilines is 4. The first-order valence-corrected chi connectivity index (χ1v) is 14.9. The van der Waals surface area contributed by atoms with E-state index >= 15 is 0 Å². The second-order valence-corrected chi connectivity index (χ2v) is 11.4. The zero-order valence-corrected chi connectivity index (χ0v) is 25.2. The van der Waals surface area contributed by atoms with E-state index in [1.807, 2.05) is 37.4 Å². The Balaban J connectivity index is 1.26. The Kier molecular flexibility index (Phi) is 8.31. The third-order valence-electron chi connectivity index (χ3n) is 8.72. The van der Waals surface area contributed by atoms with E-state index in [2.05, 4.69) is 71.8 Å². The molecule has 4 aromatic rings. The van der Waals surface area contributed by atoms with Crippen LogP contribution < -0.4 is 20.3 Å². The molecule has 224 valence electrons. The van der Waals surface area contributed by atoms with Crippen molar-refractivity contribution in [3.8, 4) is 17.0 Å². The zero-order valence-electron chi connectivity index (χ0n) is 25.2. The van der Waals surface area contributed by atoms with Crippen molar-refractivity contribution >= 4 is 39.7 Å². The Morgan fingerprint density at radius 1 is 1.00 bits per heavy atom. The summed E-state index contributed by atoms with van der Waals surface area (Å²) in [5.41, 5.74) is 5.30. The smallest absolute Gasteiger partial charge is 0.247 e. The van der Waals surface area contributed by atoms with Crippen LogP contribution in [-0.4, -0.2) is 89.7 Å². The Labute approximate surface area is 253 Å². The van der Waals surface area contributed by atoms with Crippen LogP contribution in [0.2, 0.25) is 0 Å². The van der Waals surface area contributed by atoms with Crippen molar-refractivity contribution in [2.24, 2.45) is 7.05 Å². The standard InChI is InChI=1S/C33H40N8O2/c1-5-33(42)37-27-18-28(36-32-19-26(34-22-35-32)25-21-39(3)29-9-7-6-8-24(25)29)31(43-4)20-30(27)41-16-14-40(15-17-41)23-10-12-38(2)13-11-23/h5-9,18-23H,1,10-17H2,2-4H3,(H,37,42)(H,34,35,36). The predicted molar refractivity (Wildman–Crippen MR) is 173 cm³/mol. The molecular weight excluding hydrogens is 540 g/mol. The average molecular weight is 581 g/mol. The van der Waals surface area contributed by atoms with Gasteiger partial charge < -0.3 is 29.7 Å². The predicted octanol–water partition coefficient (Wildman–Crippen LogP) is 4.73. The van der Waals surface area contributed by atoms with E-state index in [0.29, 0.717) is 29.0 Å². The summed E-state index contributed by atoms with van der Waals surface area (Å²) in [4.78, 5) is 28.9. The van der Waals surface area contributed by atoms with Crippen LogP contribution in [0.1, 0.15) is 12.8 Å². The minimum absolute atomic E-state index is 0.261. The molecule has 0 radical (unpaired) electrons. The lowest BCUT2D eigenvalue weighted by molar-refractivity contribution is -0.111. The van der Waals surface area contributed by atoms with E-state index in [1.54, 1.807) is 13.4 Å². The molecule has 2 aromatic carbocycles. The number of aryl methyl sites for hydroxylation is 1. The van der Waals surface area contributed by atoms with Gasteiger partial charge in [-0.15, -0.1) is 0 Å². The third kappa shape index (κ3) is 6.07. The minimum atomic E-state index is -0.261. The number of nitrogens with one attached hydrogen (secondary N) is 2. The fraction of sp³-hybridized carbons (Fsp3) is 0.364. The summed E-state index contributed by atoms with van der Waals surface area (Å²) in [7, 11) is 5.89. The highest BCUT2D eigenvalue weighted by Gasteiger charge is 2.28. The van der Waals surface area contributed by atoms with Crippen molar-refractivity contribution in [3.63, 3.8) is 0 Å². The molecule has 0 spiro atoms. The average Bonchev–Trinajstić information content (AvgIpc) is 3.38. The van der Waals surface area contributed by atoms with Crippen LogP contribution >= 0.6 is 0 Å².